The lowest BCUT2D eigenvalue weighted by molar-refractivity contribution is 0.0691. The predicted molar refractivity (Wildman–Crippen MR) is 130 cm³/mol. The Balaban J connectivity index is 1.83. The Kier molecular flexibility index (Phi) is 5.89. The molecule has 0 aliphatic carbocycles. The van der Waals surface area contributed by atoms with Gasteiger partial charge in [-0.05, 0) is 76.9 Å². The number of rotatable bonds is 5. The molecule has 0 aliphatic heterocycles. The normalized spacial score (nSPS) is 11.4. The molecule has 0 spiro atoms. The fourth-order valence-electron chi connectivity index (χ4n) is 4.17. The number of aromatic nitrogens is 4. The molecule has 4 aromatic rings. The van der Waals surface area contributed by atoms with Crippen molar-refractivity contribution in [3.8, 4) is 11.1 Å². The Morgan fingerprint density at radius 3 is 2.45 bits per heavy atom. The van der Waals surface area contributed by atoms with Crippen LogP contribution in [0.1, 0.15) is 52.4 Å². The molecule has 0 bridgehead atoms. The molecule has 0 saturated carbocycles. The zero-order chi connectivity index (χ0) is 23.9. The van der Waals surface area contributed by atoms with E-state index < -0.39 is 0 Å². The molecule has 0 atom stereocenters. The van der Waals surface area contributed by atoms with Gasteiger partial charge in [0.1, 0.15) is 0 Å². The van der Waals surface area contributed by atoms with Crippen molar-refractivity contribution in [3.63, 3.8) is 0 Å². The van der Waals surface area contributed by atoms with Crippen molar-refractivity contribution in [2.75, 3.05) is 0 Å². The Labute approximate surface area is 192 Å². The van der Waals surface area contributed by atoms with E-state index in [1.165, 1.54) is 0 Å². The lowest BCUT2D eigenvalue weighted by Crippen LogP contribution is -2.38. The molecule has 4 rings (SSSR count). The minimum absolute atomic E-state index is 0.107. The molecule has 0 aliphatic rings. The number of nitrogens with zero attached hydrogens (tertiary/aromatic N) is 3. The van der Waals surface area contributed by atoms with E-state index >= 15 is 0 Å². The zero-order valence-electron chi connectivity index (χ0n) is 19.9. The molecular weight excluding hydrogens is 414 g/mol. The molecule has 1 amide bonds. The first kappa shape index (κ1) is 22.5. The van der Waals surface area contributed by atoms with Crippen LogP contribution >= 0.6 is 0 Å². The van der Waals surface area contributed by atoms with E-state index in [2.05, 4.69) is 20.2 Å². The molecule has 170 valence electrons. The monoisotopic (exact) mass is 443 g/mol. The second-order valence-electron chi connectivity index (χ2n) is 8.92. The van der Waals surface area contributed by atoms with Gasteiger partial charge in [-0.1, -0.05) is 6.07 Å². The first-order chi connectivity index (χ1) is 15.7. The van der Waals surface area contributed by atoms with Crippen molar-refractivity contribution in [2.45, 2.75) is 54.1 Å². The van der Waals surface area contributed by atoms with E-state index in [1.54, 1.807) is 11.1 Å². The molecule has 2 N–H and O–H groups in total. The van der Waals surface area contributed by atoms with E-state index in [-0.39, 0.29) is 24.1 Å². The molecule has 3 heterocycles. The highest BCUT2D eigenvalue weighted by molar-refractivity contribution is 6.08. The molecule has 7 nitrogen and oxygen atoms in total. The topological polar surface area (TPSA) is 94.7 Å². The van der Waals surface area contributed by atoms with Crippen molar-refractivity contribution in [1.82, 2.24) is 25.1 Å². The number of hydrogen-bond donors (Lipinski definition) is 2. The summed E-state index contributed by atoms with van der Waals surface area (Å²) in [5.74, 6) is -0.138. The Morgan fingerprint density at radius 2 is 1.82 bits per heavy atom. The molecule has 7 heteroatoms. The summed E-state index contributed by atoms with van der Waals surface area (Å²) < 4.78 is 0. The van der Waals surface area contributed by atoms with Gasteiger partial charge in [-0.25, -0.2) is 0 Å². The van der Waals surface area contributed by atoms with Gasteiger partial charge in [-0.15, -0.1) is 0 Å². The average molecular weight is 444 g/mol. The lowest BCUT2D eigenvalue weighted by atomic mass is 9.98. The third-order valence-corrected chi connectivity index (χ3v) is 6.02. The lowest BCUT2D eigenvalue weighted by Gasteiger charge is -2.28. The number of aromatic amines is 2. The number of hydrogen-bond acceptors (Lipinski definition) is 4. The summed E-state index contributed by atoms with van der Waals surface area (Å²) in [4.78, 5) is 35.6. The SMILES string of the molecule is Cc1ccc(-c2cc(C(=O)N(Cc3c(C)cc(C)[nH]c3=O)C(C)C)c3c(C)[nH]nc3c2)cn1. The second kappa shape index (κ2) is 8.65. The molecule has 0 radical (unpaired) electrons. The Hall–Kier alpha value is -3.74. The first-order valence-corrected chi connectivity index (χ1v) is 11.1. The molecule has 33 heavy (non-hydrogen) atoms. The van der Waals surface area contributed by atoms with E-state index in [4.69, 9.17) is 0 Å². The van der Waals surface area contributed by atoms with Crippen LogP contribution in [0.25, 0.3) is 22.0 Å². The van der Waals surface area contributed by atoms with Gasteiger partial charge in [0.2, 0.25) is 0 Å². The maximum atomic E-state index is 13.9. The van der Waals surface area contributed by atoms with E-state index in [9.17, 15) is 9.59 Å². The summed E-state index contributed by atoms with van der Waals surface area (Å²) in [6, 6.07) is 9.64. The van der Waals surface area contributed by atoms with Crippen molar-refractivity contribution in [1.29, 1.82) is 0 Å². The second-order valence-corrected chi connectivity index (χ2v) is 8.92. The number of carbonyl (C=O) groups excluding carboxylic acids is 1. The van der Waals surface area contributed by atoms with Gasteiger partial charge in [0.25, 0.3) is 11.5 Å². The quantitative estimate of drug-likeness (QED) is 0.471. The zero-order valence-corrected chi connectivity index (χ0v) is 19.9. The van der Waals surface area contributed by atoms with Crippen LogP contribution in [0.15, 0.2) is 41.3 Å². The minimum atomic E-state index is -0.157. The number of aryl methyl sites for hydroxylation is 4. The van der Waals surface area contributed by atoms with Gasteiger partial charge < -0.3 is 9.88 Å². The van der Waals surface area contributed by atoms with Crippen LogP contribution in [0.5, 0.6) is 0 Å². The van der Waals surface area contributed by atoms with Gasteiger partial charge in [-0.2, -0.15) is 5.10 Å². The van der Waals surface area contributed by atoms with Crippen LogP contribution in [0.3, 0.4) is 0 Å². The number of amides is 1. The largest absolute Gasteiger partial charge is 0.332 e. The molecule has 0 fully saturated rings. The van der Waals surface area contributed by atoms with Crippen molar-refractivity contribution < 1.29 is 4.79 Å². The summed E-state index contributed by atoms with van der Waals surface area (Å²) in [5, 5.41) is 8.23. The average Bonchev–Trinajstić information content (AvgIpc) is 3.13. The number of benzene rings is 1. The fraction of sp³-hybridized carbons (Fsp3) is 0.308. The minimum Gasteiger partial charge on any atom is -0.332 e. The van der Waals surface area contributed by atoms with Crippen LogP contribution in [0, 0.1) is 27.7 Å². The number of H-pyrrole nitrogens is 2. The summed E-state index contributed by atoms with van der Waals surface area (Å²) in [7, 11) is 0. The maximum Gasteiger partial charge on any atom is 0.255 e. The smallest absolute Gasteiger partial charge is 0.255 e. The highest BCUT2D eigenvalue weighted by Crippen LogP contribution is 2.30. The Morgan fingerprint density at radius 1 is 1.06 bits per heavy atom. The summed E-state index contributed by atoms with van der Waals surface area (Å²) in [6.45, 7) is 11.8. The molecular formula is C26H29N5O2. The van der Waals surface area contributed by atoms with Gasteiger partial charge in [0.05, 0.1) is 17.6 Å². The van der Waals surface area contributed by atoms with Crippen molar-refractivity contribution in [3.05, 3.63) is 80.7 Å². The summed E-state index contributed by atoms with van der Waals surface area (Å²) in [5.41, 5.74) is 6.95. The van der Waals surface area contributed by atoms with Crippen molar-refractivity contribution in [2.24, 2.45) is 0 Å². The standard InChI is InChI=1S/C26H29N5O2/c1-14(2)31(13-22-15(3)9-17(5)28-25(22)32)26(33)21-10-20(19-8-7-16(4)27-12-19)11-23-24(21)18(6)29-30-23/h7-12,14H,13H2,1-6H3,(H,28,32)(H,29,30). The van der Waals surface area contributed by atoms with Crippen LogP contribution in [-0.4, -0.2) is 37.0 Å². The third-order valence-electron chi connectivity index (χ3n) is 6.02. The van der Waals surface area contributed by atoms with Gasteiger partial charge in [0.15, 0.2) is 0 Å². The Bertz CT molecular complexity index is 1400. The fourth-order valence-corrected chi connectivity index (χ4v) is 4.17. The molecule has 3 aromatic heterocycles. The summed E-state index contributed by atoms with van der Waals surface area (Å²) >= 11 is 0. The third kappa shape index (κ3) is 4.31. The van der Waals surface area contributed by atoms with Crippen molar-refractivity contribution >= 4 is 16.8 Å². The number of nitrogens with one attached hydrogen (secondary N) is 2. The molecule has 0 unspecified atom stereocenters. The first-order valence-electron chi connectivity index (χ1n) is 11.1. The molecule has 0 saturated heterocycles. The van der Waals surface area contributed by atoms with Crippen LogP contribution in [-0.2, 0) is 6.54 Å². The summed E-state index contributed by atoms with van der Waals surface area (Å²) in [6.07, 6.45) is 1.81. The highest BCUT2D eigenvalue weighted by Gasteiger charge is 2.25. The predicted octanol–water partition coefficient (Wildman–Crippen LogP) is 4.60. The molecule has 1 aromatic carbocycles. The maximum absolute atomic E-state index is 13.9. The van der Waals surface area contributed by atoms with Gasteiger partial charge in [0, 0.05) is 45.8 Å². The van der Waals surface area contributed by atoms with E-state index in [0.717, 1.165) is 44.7 Å². The van der Waals surface area contributed by atoms with Gasteiger partial charge in [-0.3, -0.25) is 19.7 Å². The van der Waals surface area contributed by atoms with Crippen LogP contribution in [0.4, 0.5) is 0 Å². The van der Waals surface area contributed by atoms with E-state index in [0.29, 0.717) is 11.1 Å². The van der Waals surface area contributed by atoms with E-state index in [1.807, 2.05) is 71.9 Å². The number of pyridine rings is 2. The van der Waals surface area contributed by atoms with Crippen LogP contribution in [0.2, 0.25) is 0 Å². The number of carbonyl (C=O) groups is 1. The van der Waals surface area contributed by atoms with Gasteiger partial charge >= 0.3 is 0 Å². The van der Waals surface area contributed by atoms with Crippen LogP contribution < -0.4 is 5.56 Å². The number of fused-ring (bicyclic) bond motifs is 1. The highest BCUT2D eigenvalue weighted by atomic mass is 16.2.